The first-order chi connectivity index (χ1) is 5.93. The third-order valence-electron chi connectivity index (χ3n) is 1.47. The Morgan fingerprint density at radius 2 is 2.08 bits per heavy atom. The summed E-state index contributed by atoms with van der Waals surface area (Å²) < 4.78 is 33.4. The second-order valence-corrected chi connectivity index (χ2v) is 3.82. The van der Waals surface area contributed by atoms with E-state index in [1.165, 1.54) is 0 Å². The Kier molecular flexibility index (Phi) is 2.60. The van der Waals surface area contributed by atoms with Crippen LogP contribution in [-0.2, 0) is 16.6 Å². The van der Waals surface area contributed by atoms with Crippen LogP contribution in [0.4, 0.5) is 3.89 Å². The predicted molar refractivity (Wildman–Crippen MR) is 44.4 cm³/mol. The van der Waals surface area contributed by atoms with E-state index < -0.39 is 15.4 Å². The first kappa shape index (κ1) is 10.0. The molecule has 0 radical (unpaired) electrons. The van der Waals surface area contributed by atoms with Crippen molar-refractivity contribution in [2.24, 2.45) is 0 Å². The average Bonchev–Trinajstić information content (AvgIpc) is 2.01. The second kappa shape index (κ2) is 3.37. The zero-order chi connectivity index (χ0) is 10.1. The minimum absolute atomic E-state index is 0.447. The van der Waals surface area contributed by atoms with E-state index in [-0.39, 0.29) is 0 Å². The van der Waals surface area contributed by atoms with Crippen LogP contribution in [0.1, 0.15) is 18.3 Å². The third kappa shape index (κ3) is 2.45. The van der Waals surface area contributed by atoms with Gasteiger partial charge >= 0.3 is 10.2 Å². The highest BCUT2D eigenvalue weighted by atomic mass is 32.3. The van der Waals surface area contributed by atoms with Crippen molar-refractivity contribution in [2.75, 3.05) is 0 Å². The average molecular weight is 204 g/mol. The van der Waals surface area contributed by atoms with E-state index in [1.54, 1.807) is 19.9 Å². The van der Waals surface area contributed by atoms with E-state index in [1.807, 2.05) is 0 Å². The highest BCUT2D eigenvalue weighted by molar-refractivity contribution is 7.86. The van der Waals surface area contributed by atoms with E-state index in [4.69, 9.17) is 0 Å². The summed E-state index contributed by atoms with van der Waals surface area (Å²) in [5, 5.41) is -0.746. The van der Waals surface area contributed by atoms with E-state index in [9.17, 15) is 12.3 Å². The molecule has 1 aromatic heterocycles. The summed E-state index contributed by atoms with van der Waals surface area (Å²) >= 11 is 0. The standard InChI is InChI=1S/C7H9FN2O2S/c1-3-6-4-5(2)9-7(10-6)13(8,11)12/h4H,3H2,1-2H3. The van der Waals surface area contributed by atoms with Crippen LogP contribution in [0.5, 0.6) is 0 Å². The van der Waals surface area contributed by atoms with Gasteiger partial charge in [-0.15, -0.1) is 0 Å². The molecule has 0 aromatic carbocycles. The normalized spacial score (nSPS) is 11.6. The van der Waals surface area contributed by atoms with Gasteiger partial charge in [-0.2, -0.15) is 8.42 Å². The van der Waals surface area contributed by atoms with Gasteiger partial charge in [0, 0.05) is 11.4 Å². The molecule has 72 valence electrons. The highest BCUT2D eigenvalue weighted by Gasteiger charge is 2.16. The molecule has 0 bridgehead atoms. The van der Waals surface area contributed by atoms with Crippen LogP contribution >= 0.6 is 0 Å². The lowest BCUT2D eigenvalue weighted by atomic mass is 10.3. The molecule has 0 fully saturated rings. The first-order valence-electron chi connectivity index (χ1n) is 3.72. The fraction of sp³-hybridized carbons (Fsp3) is 0.429. The minimum atomic E-state index is -4.78. The molecule has 0 saturated carbocycles. The van der Waals surface area contributed by atoms with E-state index >= 15 is 0 Å². The van der Waals surface area contributed by atoms with Gasteiger partial charge in [0.1, 0.15) is 0 Å². The number of aromatic nitrogens is 2. The van der Waals surface area contributed by atoms with Gasteiger partial charge in [0.25, 0.3) is 5.16 Å². The number of hydrogen-bond acceptors (Lipinski definition) is 4. The molecule has 0 aliphatic heterocycles. The minimum Gasteiger partial charge on any atom is -0.221 e. The Balaban J connectivity index is 3.33. The Bertz CT molecular complexity index is 417. The molecule has 1 aromatic rings. The number of rotatable bonds is 2. The maximum atomic E-state index is 12.5. The molecule has 0 aliphatic carbocycles. The Hall–Kier alpha value is -1.04. The maximum absolute atomic E-state index is 12.5. The van der Waals surface area contributed by atoms with Gasteiger partial charge in [-0.3, -0.25) is 0 Å². The number of halogens is 1. The lowest BCUT2D eigenvalue weighted by Gasteiger charge is -1.99. The Morgan fingerprint density at radius 3 is 2.54 bits per heavy atom. The van der Waals surface area contributed by atoms with Crippen LogP contribution in [-0.4, -0.2) is 18.4 Å². The molecular weight excluding hydrogens is 195 g/mol. The molecule has 0 atom stereocenters. The quantitative estimate of drug-likeness (QED) is 0.532. The SMILES string of the molecule is CCc1cc(C)nc(S(=O)(=O)F)n1. The van der Waals surface area contributed by atoms with Crippen LogP contribution < -0.4 is 0 Å². The lowest BCUT2D eigenvalue weighted by molar-refractivity contribution is 0.540. The van der Waals surface area contributed by atoms with E-state index in [0.29, 0.717) is 17.8 Å². The van der Waals surface area contributed by atoms with Gasteiger partial charge in [0.05, 0.1) is 0 Å². The second-order valence-electron chi connectivity index (χ2n) is 2.57. The summed E-state index contributed by atoms with van der Waals surface area (Å²) in [5.41, 5.74) is 0.965. The maximum Gasteiger partial charge on any atom is 0.368 e. The summed E-state index contributed by atoms with van der Waals surface area (Å²) in [5.74, 6) is 0. The van der Waals surface area contributed by atoms with E-state index in [2.05, 4.69) is 9.97 Å². The van der Waals surface area contributed by atoms with Gasteiger partial charge in [-0.25, -0.2) is 9.97 Å². The molecule has 0 aliphatic rings. The summed E-state index contributed by atoms with van der Waals surface area (Å²) in [4.78, 5) is 7.03. The summed E-state index contributed by atoms with van der Waals surface area (Å²) in [7, 11) is -4.78. The largest absolute Gasteiger partial charge is 0.368 e. The molecule has 1 rings (SSSR count). The van der Waals surface area contributed by atoms with Crippen LogP contribution in [0.25, 0.3) is 0 Å². The molecule has 0 amide bonds. The van der Waals surface area contributed by atoms with Gasteiger partial charge in [0.2, 0.25) is 0 Å². The van der Waals surface area contributed by atoms with Crippen LogP contribution in [0, 0.1) is 6.92 Å². The first-order valence-corrected chi connectivity index (χ1v) is 5.11. The van der Waals surface area contributed by atoms with Crippen molar-refractivity contribution in [1.82, 2.24) is 9.97 Å². The number of nitrogens with zero attached hydrogens (tertiary/aromatic N) is 2. The van der Waals surface area contributed by atoms with Crippen LogP contribution in [0.3, 0.4) is 0 Å². The highest BCUT2D eigenvalue weighted by Crippen LogP contribution is 2.08. The summed E-state index contributed by atoms with van der Waals surface area (Å²) in [6.45, 7) is 3.39. The fourth-order valence-electron chi connectivity index (χ4n) is 0.895. The lowest BCUT2D eigenvalue weighted by Crippen LogP contribution is -2.04. The Labute approximate surface area is 76.1 Å². The predicted octanol–water partition coefficient (Wildman–Crippen LogP) is 1.01. The van der Waals surface area contributed by atoms with Crippen LogP contribution in [0.15, 0.2) is 11.2 Å². The fourth-order valence-corrected chi connectivity index (χ4v) is 1.37. The molecule has 13 heavy (non-hydrogen) atoms. The molecule has 0 N–H and O–H groups in total. The van der Waals surface area contributed by atoms with Crippen molar-refractivity contribution >= 4 is 10.2 Å². The molecule has 6 heteroatoms. The number of aryl methyl sites for hydroxylation is 2. The van der Waals surface area contributed by atoms with Gasteiger partial charge < -0.3 is 0 Å². The van der Waals surface area contributed by atoms with Gasteiger partial charge in [-0.1, -0.05) is 10.8 Å². The van der Waals surface area contributed by atoms with Crippen molar-refractivity contribution in [2.45, 2.75) is 25.4 Å². The van der Waals surface area contributed by atoms with Crippen molar-refractivity contribution in [3.63, 3.8) is 0 Å². The molecule has 1 heterocycles. The van der Waals surface area contributed by atoms with Gasteiger partial charge in [0.15, 0.2) is 0 Å². The summed E-state index contributed by atoms with van der Waals surface area (Å²) in [6.07, 6.45) is 0.548. The van der Waals surface area contributed by atoms with Crippen LogP contribution in [0.2, 0.25) is 0 Å². The monoisotopic (exact) mass is 204 g/mol. The smallest absolute Gasteiger partial charge is 0.221 e. The molecule has 0 spiro atoms. The molecular formula is C7H9FN2O2S. The zero-order valence-corrected chi connectivity index (χ0v) is 8.10. The van der Waals surface area contributed by atoms with E-state index in [0.717, 1.165) is 0 Å². The topological polar surface area (TPSA) is 59.9 Å². The number of hydrogen-bond donors (Lipinski definition) is 0. The third-order valence-corrected chi connectivity index (χ3v) is 2.09. The Morgan fingerprint density at radius 1 is 1.46 bits per heavy atom. The zero-order valence-electron chi connectivity index (χ0n) is 7.28. The summed E-state index contributed by atoms with van der Waals surface area (Å²) in [6, 6.07) is 1.62. The van der Waals surface area contributed by atoms with Crippen molar-refractivity contribution in [1.29, 1.82) is 0 Å². The molecule has 0 unspecified atom stereocenters. The van der Waals surface area contributed by atoms with Crippen molar-refractivity contribution in [3.05, 3.63) is 17.5 Å². The molecule has 0 saturated heterocycles. The molecule has 4 nitrogen and oxygen atoms in total. The van der Waals surface area contributed by atoms with Gasteiger partial charge in [-0.05, 0) is 19.4 Å². The van der Waals surface area contributed by atoms with Crippen molar-refractivity contribution < 1.29 is 12.3 Å². The van der Waals surface area contributed by atoms with Crippen molar-refractivity contribution in [3.8, 4) is 0 Å².